The maximum Gasteiger partial charge on any atom is 0.128 e. The van der Waals surface area contributed by atoms with Gasteiger partial charge in [-0.15, -0.1) is 0 Å². The maximum atomic E-state index is 13.4. The second-order valence-corrected chi connectivity index (χ2v) is 3.79. The van der Waals surface area contributed by atoms with E-state index in [0.29, 0.717) is 12.1 Å². The first-order valence-electron chi connectivity index (χ1n) is 5.14. The third-order valence-electron chi connectivity index (χ3n) is 2.48. The summed E-state index contributed by atoms with van der Waals surface area (Å²) in [7, 11) is 1.84. The molecular weight excluding hydrogens is 205 g/mol. The Morgan fingerprint density at radius 2 is 2.19 bits per heavy atom. The number of rotatable bonds is 3. The molecule has 0 unspecified atom stereocenters. The van der Waals surface area contributed by atoms with Crippen LogP contribution in [0, 0.1) is 12.7 Å². The number of aromatic nitrogens is 2. The van der Waals surface area contributed by atoms with Gasteiger partial charge >= 0.3 is 0 Å². The van der Waals surface area contributed by atoms with Crippen LogP contribution in [0.2, 0.25) is 0 Å². The van der Waals surface area contributed by atoms with Crippen molar-refractivity contribution in [2.75, 3.05) is 5.32 Å². The van der Waals surface area contributed by atoms with E-state index in [4.69, 9.17) is 0 Å². The highest BCUT2D eigenvalue weighted by atomic mass is 19.1. The molecule has 1 N–H and O–H groups in total. The van der Waals surface area contributed by atoms with Gasteiger partial charge in [0.25, 0.3) is 0 Å². The van der Waals surface area contributed by atoms with Crippen LogP contribution in [0.4, 0.5) is 10.2 Å². The molecule has 0 bridgehead atoms. The summed E-state index contributed by atoms with van der Waals surface area (Å²) < 4.78 is 15.2. The molecule has 1 heterocycles. The van der Waals surface area contributed by atoms with Crippen molar-refractivity contribution < 1.29 is 4.39 Å². The summed E-state index contributed by atoms with van der Waals surface area (Å²) in [4.78, 5) is 0. The third kappa shape index (κ3) is 2.21. The molecule has 0 aliphatic carbocycles. The van der Waals surface area contributed by atoms with Crippen molar-refractivity contribution in [2.24, 2.45) is 7.05 Å². The lowest BCUT2D eigenvalue weighted by Crippen LogP contribution is -2.06. The first-order valence-corrected chi connectivity index (χ1v) is 5.14. The zero-order valence-electron chi connectivity index (χ0n) is 9.37. The molecule has 2 rings (SSSR count). The van der Waals surface area contributed by atoms with E-state index in [0.717, 1.165) is 11.4 Å². The molecule has 2 aromatic rings. The van der Waals surface area contributed by atoms with Crippen molar-refractivity contribution in [1.29, 1.82) is 0 Å². The SMILES string of the molecule is Cc1ccc(F)c(CNc2ccnn2C)c1. The zero-order chi connectivity index (χ0) is 11.5. The van der Waals surface area contributed by atoms with Crippen LogP contribution in [0.15, 0.2) is 30.5 Å². The van der Waals surface area contributed by atoms with Crippen LogP contribution in [0.5, 0.6) is 0 Å². The molecule has 0 amide bonds. The fraction of sp³-hybridized carbons (Fsp3) is 0.250. The fourth-order valence-electron chi connectivity index (χ4n) is 1.57. The van der Waals surface area contributed by atoms with Crippen molar-refractivity contribution in [3.63, 3.8) is 0 Å². The normalized spacial score (nSPS) is 10.4. The van der Waals surface area contributed by atoms with Crippen LogP contribution in [-0.2, 0) is 13.6 Å². The van der Waals surface area contributed by atoms with Gasteiger partial charge in [0, 0.05) is 25.2 Å². The van der Waals surface area contributed by atoms with E-state index in [2.05, 4.69) is 10.4 Å². The van der Waals surface area contributed by atoms with Crippen LogP contribution in [0.3, 0.4) is 0 Å². The van der Waals surface area contributed by atoms with Crippen LogP contribution >= 0.6 is 0 Å². The lowest BCUT2D eigenvalue weighted by atomic mass is 10.1. The minimum Gasteiger partial charge on any atom is -0.366 e. The van der Waals surface area contributed by atoms with Crippen LogP contribution in [0.1, 0.15) is 11.1 Å². The van der Waals surface area contributed by atoms with E-state index < -0.39 is 0 Å². The lowest BCUT2D eigenvalue weighted by molar-refractivity contribution is 0.611. The lowest BCUT2D eigenvalue weighted by Gasteiger charge is -2.08. The minimum atomic E-state index is -0.180. The molecule has 0 saturated carbocycles. The van der Waals surface area contributed by atoms with E-state index >= 15 is 0 Å². The Labute approximate surface area is 93.9 Å². The van der Waals surface area contributed by atoms with Gasteiger partial charge in [-0.2, -0.15) is 5.10 Å². The molecule has 0 fully saturated rings. The fourth-order valence-corrected chi connectivity index (χ4v) is 1.57. The number of anilines is 1. The quantitative estimate of drug-likeness (QED) is 0.859. The third-order valence-corrected chi connectivity index (χ3v) is 2.48. The van der Waals surface area contributed by atoms with E-state index in [1.807, 2.05) is 26.1 Å². The predicted octanol–water partition coefficient (Wildman–Crippen LogP) is 2.48. The first-order chi connectivity index (χ1) is 7.66. The second kappa shape index (κ2) is 4.35. The molecule has 3 nitrogen and oxygen atoms in total. The molecule has 1 aromatic carbocycles. The first kappa shape index (κ1) is 10.7. The second-order valence-electron chi connectivity index (χ2n) is 3.79. The summed E-state index contributed by atoms with van der Waals surface area (Å²) in [5.74, 6) is 0.696. The number of benzene rings is 1. The van der Waals surface area contributed by atoms with Crippen molar-refractivity contribution in [2.45, 2.75) is 13.5 Å². The van der Waals surface area contributed by atoms with E-state index in [9.17, 15) is 4.39 Å². The van der Waals surface area contributed by atoms with Gasteiger partial charge in [0.15, 0.2) is 0 Å². The Morgan fingerprint density at radius 1 is 1.38 bits per heavy atom. The Morgan fingerprint density at radius 3 is 2.88 bits per heavy atom. The zero-order valence-corrected chi connectivity index (χ0v) is 9.37. The molecule has 4 heteroatoms. The average molecular weight is 219 g/mol. The molecule has 1 aromatic heterocycles. The predicted molar refractivity (Wildman–Crippen MR) is 61.7 cm³/mol. The van der Waals surface area contributed by atoms with Crippen LogP contribution in [0.25, 0.3) is 0 Å². The summed E-state index contributed by atoms with van der Waals surface area (Å²) in [6.07, 6.45) is 1.70. The van der Waals surface area contributed by atoms with Gasteiger partial charge in [-0.3, -0.25) is 4.68 Å². The van der Waals surface area contributed by atoms with Gasteiger partial charge in [0.1, 0.15) is 11.6 Å². The van der Waals surface area contributed by atoms with E-state index in [-0.39, 0.29) is 5.82 Å². The number of nitrogens with zero attached hydrogens (tertiary/aromatic N) is 2. The molecule has 0 aliphatic heterocycles. The Bertz CT molecular complexity index is 491. The van der Waals surface area contributed by atoms with Gasteiger partial charge < -0.3 is 5.32 Å². The van der Waals surface area contributed by atoms with Gasteiger partial charge in [-0.1, -0.05) is 17.7 Å². The maximum absolute atomic E-state index is 13.4. The standard InChI is InChI=1S/C12H14FN3/c1-9-3-4-11(13)10(7-9)8-14-12-5-6-15-16(12)2/h3-7,14H,8H2,1-2H3. The molecule has 0 spiro atoms. The number of hydrogen-bond acceptors (Lipinski definition) is 2. The summed E-state index contributed by atoms with van der Waals surface area (Å²) >= 11 is 0. The Hall–Kier alpha value is -1.84. The highest BCUT2D eigenvalue weighted by Gasteiger charge is 2.03. The monoisotopic (exact) mass is 219 g/mol. The molecule has 0 radical (unpaired) electrons. The number of halogens is 1. The smallest absolute Gasteiger partial charge is 0.128 e. The molecule has 84 valence electrons. The molecule has 0 saturated heterocycles. The molecule has 16 heavy (non-hydrogen) atoms. The van der Waals surface area contributed by atoms with Gasteiger partial charge in [-0.25, -0.2) is 4.39 Å². The van der Waals surface area contributed by atoms with Gasteiger partial charge in [0.2, 0.25) is 0 Å². The van der Waals surface area contributed by atoms with Crippen molar-refractivity contribution >= 4 is 5.82 Å². The summed E-state index contributed by atoms with van der Waals surface area (Å²) in [6, 6.07) is 6.96. The summed E-state index contributed by atoms with van der Waals surface area (Å²) in [6.45, 7) is 2.42. The molecule has 0 aliphatic rings. The van der Waals surface area contributed by atoms with Crippen LogP contribution < -0.4 is 5.32 Å². The molecular formula is C12H14FN3. The topological polar surface area (TPSA) is 29.9 Å². The highest BCUT2D eigenvalue weighted by Crippen LogP contribution is 2.12. The molecule has 0 atom stereocenters. The van der Waals surface area contributed by atoms with Crippen molar-refractivity contribution in [3.05, 3.63) is 47.4 Å². The largest absolute Gasteiger partial charge is 0.366 e. The minimum absolute atomic E-state index is 0.180. The van der Waals surface area contributed by atoms with Crippen molar-refractivity contribution in [3.8, 4) is 0 Å². The summed E-state index contributed by atoms with van der Waals surface area (Å²) in [5.41, 5.74) is 1.73. The Balaban J connectivity index is 2.10. The Kier molecular flexibility index (Phi) is 2.90. The van der Waals surface area contributed by atoms with Gasteiger partial charge in [-0.05, 0) is 13.0 Å². The van der Waals surface area contributed by atoms with Crippen molar-refractivity contribution in [1.82, 2.24) is 9.78 Å². The van der Waals surface area contributed by atoms with E-state index in [1.54, 1.807) is 16.9 Å². The van der Waals surface area contributed by atoms with Gasteiger partial charge in [0.05, 0.1) is 6.20 Å². The summed E-state index contributed by atoms with van der Waals surface area (Å²) in [5, 5.41) is 7.17. The number of aryl methyl sites for hydroxylation is 2. The number of hydrogen-bond donors (Lipinski definition) is 1. The highest BCUT2D eigenvalue weighted by molar-refractivity contribution is 5.36. The van der Waals surface area contributed by atoms with E-state index in [1.165, 1.54) is 6.07 Å². The number of nitrogens with one attached hydrogen (secondary N) is 1. The van der Waals surface area contributed by atoms with Crippen LogP contribution in [-0.4, -0.2) is 9.78 Å². The average Bonchev–Trinajstić information content (AvgIpc) is 2.66.